The van der Waals surface area contributed by atoms with E-state index in [1.54, 1.807) is 6.20 Å². The van der Waals surface area contributed by atoms with Crippen LogP contribution in [0.15, 0.2) is 79.0 Å². The molecule has 0 bridgehead atoms. The smallest absolute Gasteiger partial charge is 0.231 e. The van der Waals surface area contributed by atoms with Crippen molar-refractivity contribution in [2.45, 2.75) is 19.4 Å². The number of carbonyl (C=O) groups excluding carboxylic acids is 2. The van der Waals surface area contributed by atoms with E-state index < -0.39 is 0 Å². The number of ketones is 2. The molecule has 0 radical (unpaired) electrons. The van der Waals surface area contributed by atoms with Gasteiger partial charge in [0.1, 0.15) is 0 Å². The van der Waals surface area contributed by atoms with Gasteiger partial charge in [-0.25, -0.2) is 0 Å². The SMILES string of the molecule is O=C(CCc1ccc2c(c1)OCO2)Cn1cc(C(=O)c2ccccc2)c2ccccc21. The molecule has 1 aliphatic heterocycles. The number of hydrogen-bond donors (Lipinski definition) is 0. The van der Waals surface area contributed by atoms with Gasteiger partial charge in [-0.3, -0.25) is 9.59 Å². The first kappa shape index (κ1) is 19.1. The van der Waals surface area contributed by atoms with Crippen LogP contribution in [0.3, 0.4) is 0 Å². The van der Waals surface area contributed by atoms with E-state index in [2.05, 4.69) is 0 Å². The number of fused-ring (bicyclic) bond motifs is 2. The molecule has 31 heavy (non-hydrogen) atoms. The molecule has 1 aromatic heterocycles. The minimum absolute atomic E-state index is 0.0386. The zero-order chi connectivity index (χ0) is 21.2. The van der Waals surface area contributed by atoms with E-state index >= 15 is 0 Å². The van der Waals surface area contributed by atoms with Crippen molar-refractivity contribution in [1.29, 1.82) is 0 Å². The molecule has 5 heteroatoms. The first-order valence-corrected chi connectivity index (χ1v) is 10.3. The van der Waals surface area contributed by atoms with E-state index in [9.17, 15) is 9.59 Å². The molecule has 2 heterocycles. The summed E-state index contributed by atoms with van der Waals surface area (Å²) in [5.41, 5.74) is 3.18. The standard InChI is InChI=1S/C26H21NO4/c28-20(12-10-18-11-13-24-25(14-18)31-17-30-24)15-27-16-22(21-8-4-5-9-23(21)27)26(29)19-6-2-1-3-7-19/h1-9,11,13-14,16H,10,12,15,17H2. The summed E-state index contributed by atoms with van der Waals surface area (Å²) in [5, 5.41) is 0.861. The molecule has 0 atom stereocenters. The van der Waals surface area contributed by atoms with E-state index in [4.69, 9.17) is 9.47 Å². The Hall–Kier alpha value is -3.86. The second-order valence-corrected chi connectivity index (χ2v) is 7.61. The summed E-state index contributed by atoms with van der Waals surface area (Å²) in [6.45, 7) is 0.468. The van der Waals surface area contributed by atoms with Gasteiger partial charge >= 0.3 is 0 Å². The lowest BCUT2D eigenvalue weighted by molar-refractivity contribution is -0.119. The summed E-state index contributed by atoms with van der Waals surface area (Å²) >= 11 is 0. The Morgan fingerprint density at radius 3 is 2.52 bits per heavy atom. The Bertz CT molecular complexity index is 1270. The highest BCUT2D eigenvalue weighted by molar-refractivity contribution is 6.16. The third kappa shape index (κ3) is 3.82. The first-order chi connectivity index (χ1) is 15.2. The van der Waals surface area contributed by atoms with Crippen LogP contribution in [0, 0.1) is 0 Å². The lowest BCUT2D eigenvalue weighted by atomic mass is 10.0. The molecule has 5 nitrogen and oxygen atoms in total. The van der Waals surface area contributed by atoms with Crippen LogP contribution < -0.4 is 9.47 Å². The molecule has 3 aromatic carbocycles. The second-order valence-electron chi connectivity index (χ2n) is 7.61. The van der Waals surface area contributed by atoms with Crippen LogP contribution in [0.1, 0.15) is 27.9 Å². The summed E-state index contributed by atoms with van der Waals surface area (Å²) in [6, 6.07) is 22.7. The van der Waals surface area contributed by atoms with Crippen molar-refractivity contribution < 1.29 is 19.1 Å². The fourth-order valence-electron chi connectivity index (χ4n) is 3.95. The first-order valence-electron chi connectivity index (χ1n) is 10.3. The number of carbonyl (C=O) groups is 2. The van der Waals surface area contributed by atoms with Gasteiger partial charge < -0.3 is 14.0 Å². The molecule has 0 fully saturated rings. The summed E-state index contributed by atoms with van der Waals surface area (Å²) in [6.07, 6.45) is 2.84. The highest BCUT2D eigenvalue weighted by Gasteiger charge is 2.18. The Kier molecular flexibility index (Phi) is 5.00. The van der Waals surface area contributed by atoms with E-state index in [-0.39, 0.29) is 24.9 Å². The van der Waals surface area contributed by atoms with Crippen molar-refractivity contribution in [2.75, 3.05) is 6.79 Å². The molecule has 0 amide bonds. The van der Waals surface area contributed by atoms with Gasteiger partial charge in [0.2, 0.25) is 6.79 Å². The molecule has 1 aliphatic rings. The Morgan fingerprint density at radius 2 is 1.65 bits per heavy atom. The number of rotatable bonds is 7. The zero-order valence-electron chi connectivity index (χ0n) is 16.9. The van der Waals surface area contributed by atoms with Crippen molar-refractivity contribution in [3.63, 3.8) is 0 Å². The summed E-state index contributed by atoms with van der Waals surface area (Å²) in [5.74, 6) is 1.54. The summed E-state index contributed by atoms with van der Waals surface area (Å²) in [7, 11) is 0. The van der Waals surface area contributed by atoms with Gasteiger partial charge in [0.05, 0.1) is 6.54 Å². The molecule has 5 rings (SSSR count). The average molecular weight is 411 g/mol. The van der Waals surface area contributed by atoms with Crippen LogP contribution in [0.4, 0.5) is 0 Å². The fourth-order valence-corrected chi connectivity index (χ4v) is 3.95. The Balaban J connectivity index is 1.34. The Labute approximate surface area is 179 Å². The molecule has 0 N–H and O–H groups in total. The normalized spacial score (nSPS) is 12.3. The maximum Gasteiger partial charge on any atom is 0.231 e. The summed E-state index contributed by atoms with van der Waals surface area (Å²) in [4.78, 5) is 25.8. The van der Waals surface area contributed by atoms with Gasteiger partial charge in [-0.15, -0.1) is 0 Å². The minimum atomic E-state index is -0.0386. The number of para-hydroxylation sites is 1. The molecule has 0 saturated carbocycles. The predicted molar refractivity (Wildman–Crippen MR) is 118 cm³/mol. The van der Waals surface area contributed by atoms with Crippen molar-refractivity contribution in [1.82, 2.24) is 4.57 Å². The second kappa shape index (κ2) is 8.11. The van der Waals surface area contributed by atoms with E-state index in [0.717, 1.165) is 28.0 Å². The number of nitrogens with zero attached hydrogens (tertiary/aromatic N) is 1. The van der Waals surface area contributed by atoms with Crippen LogP contribution in [-0.2, 0) is 17.8 Å². The van der Waals surface area contributed by atoms with Crippen LogP contribution in [0.25, 0.3) is 10.9 Å². The highest BCUT2D eigenvalue weighted by Crippen LogP contribution is 2.32. The zero-order valence-corrected chi connectivity index (χ0v) is 16.9. The van der Waals surface area contributed by atoms with E-state index in [1.165, 1.54) is 0 Å². The van der Waals surface area contributed by atoms with Crippen LogP contribution in [0.5, 0.6) is 11.5 Å². The number of aryl methyl sites for hydroxylation is 1. The van der Waals surface area contributed by atoms with Crippen molar-refractivity contribution in [3.8, 4) is 11.5 Å². The molecule has 0 aliphatic carbocycles. The fraction of sp³-hybridized carbons (Fsp3) is 0.154. The number of hydrogen-bond acceptors (Lipinski definition) is 4. The quantitative estimate of drug-likeness (QED) is 0.410. The Morgan fingerprint density at radius 1 is 0.871 bits per heavy atom. The number of Topliss-reactive ketones (excluding diaryl/α,β-unsaturated/α-hetero) is 1. The lowest BCUT2D eigenvalue weighted by Crippen LogP contribution is -2.10. The van der Waals surface area contributed by atoms with E-state index in [1.807, 2.05) is 77.4 Å². The molecule has 0 spiro atoms. The van der Waals surface area contributed by atoms with Crippen molar-refractivity contribution in [3.05, 3.63) is 95.7 Å². The van der Waals surface area contributed by atoms with Gasteiger partial charge in [0.15, 0.2) is 23.1 Å². The average Bonchev–Trinajstić information content (AvgIpc) is 3.42. The third-order valence-corrected chi connectivity index (χ3v) is 5.55. The predicted octanol–water partition coefficient (Wildman–Crippen LogP) is 4.80. The monoisotopic (exact) mass is 411 g/mol. The number of ether oxygens (including phenoxy) is 2. The highest BCUT2D eigenvalue weighted by atomic mass is 16.7. The largest absolute Gasteiger partial charge is 0.454 e. The van der Waals surface area contributed by atoms with Gasteiger partial charge in [-0.05, 0) is 30.2 Å². The van der Waals surface area contributed by atoms with Crippen molar-refractivity contribution >= 4 is 22.5 Å². The molecule has 154 valence electrons. The van der Waals surface area contributed by atoms with Gasteiger partial charge in [0.25, 0.3) is 0 Å². The number of benzene rings is 3. The van der Waals surface area contributed by atoms with Crippen molar-refractivity contribution in [2.24, 2.45) is 0 Å². The van der Waals surface area contributed by atoms with Gasteiger partial charge in [-0.1, -0.05) is 54.6 Å². The van der Waals surface area contributed by atoms with E-state index in [0.29, 0.717) is 24.0 Å². The lowest BCUT2D eigenvalue weighted by Gasteiger charge is -2.06. The van der Waals surface area contributed by atoms with Gasteiger partial charge in [-0.2, -0.15) is 0 Å². The third-order valence-electron chi connectivity index (χ3n) is 5.55. The van der Waals surface area contributed by atoms with Gasteiger partial charge in [0, 0.05) is 34.6 Å². The van der Waals surface area contributed by atoms with Crippen LogP contribution in [-0.4, -0.2) is 22.9 Å². The molecule has 4 aromatic rings. The molecular weight excluding hydrogens is 390 g/mol. The molecule has 0 unspecified atom stereocenters. The van der Waals surface area contributed by atoms with Crippen LogP contribution >= 0.6 is 0 Å². The maximum absolute atomic E-state index is 13.0. The molecule has 0 saturated heterocycles. The summed E-state index contributed by atoms with van der Waals surface area (Å²) < 4.78 is 12.6. The minimum Gasteiger partial charge on any atom is -0.454 e. The number of aromatic nitrogens is 1. The maximum atomic E-state index is 13.0. The van der Waals surface area contributed by atoms with Crippen LogP contribution in [0.2, 0.25) is 0 Å². The molecular formula is C26H21NO4. The topological polar surface area (TPSA) is 57.5 Å².